The molecule has 0 spiro atoms. The zero-order valence-electron chi connectivity index (χ0n) is 19.8. The molecular formula is C25H26F4N2O5S. The first-order chi connectivity index (χ1) is 17.3. The van der Waals surface area contributed by atoms with Gasteiger partial charge in [-0.05, 0) is 61.2 Å². The van der Waals surface area contributed by atoms with E-state index in [2.05, 4.69) is 0 Å². The number of aliphatic hydroxyl groups is 2. The van der Waals surface area contributed by atoms with E-state index in [4.69, 9.17) is 0 Å². The first kappa shape index (κ1) is 27.1. The summed E-state index contributed by atoms with van der Waals surface area (Å²) in [7, 11) is -4.36. The summed E-state index contributed by atoms with van der Waals surface area (Å²) in [6, 6.07) is 6.01. The third-order valence-corrected chi connectivity index (χ3v) is 8.74. The summed E-state index contributed by atoms with van der Waals surface area (Å²) in [4.78, 5) is 14.3. The van der Waals surface area contributed by atoms with Gasteiger partial charge >= 0.3 is 6.18 Å². The van der Waals surface area contributed by atoms with Crippen LogP contribution in [0.1, 0.15) is 30.9 Å². The van der Waals surface area contributed by atoms with Gasteiger partial charge in [-0.25, -0.2) is 12.8 Å². The lowest BCUT2D eigenvalue weighted by Gasteiger charge is -2.39. The van der Waals surface area contributed by atoms with E-state index < -0.39 is 51.2 Å². The number of anilines is 1. The predicted octanol–water partition coefficient (Wildman–Crippen LogP) is 3.26. The Kier molecular flexibility index (Phi) is 7.12. The molecule has 2 N–H and O–H groups in total. The highest BCUT2D eigenvalue weighted by atomic mass is 32.2. The number of aliphatic hydroxyl groups excluding tert-OH is 1. The Bertz CT molecular complexity index is 1310. The summed E-state index contributed by atoms with van der Waals surface area (Å²) in [6.45, 7) is 0.580. The number of aryl methyl sites for hydroxylation is 1. The number of sulfonamides is 1. The van der Waals surface area contributed by atoms with Crippen molar-refractivity contribution in [2.75, 3.05) is 17.5 Å². The highest BCUT2D eigenvalue weighted by molar-refractivity contribution is 7.92. The molecule has 0 saturated carbocycles. The van der Waals surface area contributed by atoms with Crippen LogP contribution >= 0.6 is 0 Å². The number of rotatable bonds is 6. The van der Waals surface area contributed by atoms with E-state index in [-0.39, 0.29) is 48.6 Å². The number of amides is 1. The van der Waals surface area contributed by atoms with Gasteiger partial charge in [0.25, 0.3) is 10.0 Å². The van der Waals surface area contributed by atoms with Gasteiger partial charge in [-0.1, -0.05) is 24.3 Å². The van der Waals surface area contributed by atoms with Gasteiger partial charge in [-0.15, -0.1) is 0 Å². The maximum atomic E-state index is 13.7. The summed E-state index contributed by atoms with van der Waals surface area (Å²) in [5.74, 6) is -1.05. The molecule has 2 aromatic rings. The van der Waals surface area contributed by atoms with E-state index in [1.165, 1.54) is 11.0 Å². The quantitative estimate of drug-likeness (QED) is 0.432. The molecule has 0 fully saturated rings. The van der Waals surface area contributed by atoms with Crippen molar-refractivity contribution in [2.45, 2.75) is 54.9 Å². The summed E-state index contributed by atoms with van der Waals surface area (Å²) in [5, 5.41) is 19.7. The molecule has 0 radical (unpaired) electrons. The van der Waals surface area contributed by atoms with Crippen molar-refractivity contribution < 1.29 is 41.0 Å². The number of alkyl halides is 3. The van der Waals surface area contributed by atoms with Gasteiger partial charge in [0.05, 0.1) is 29.3 Å². The minimum absolute atomic E-state index is 0.0772. The van der Waals surface area contributed by atoms with Gasteiger partial charge in [0, 0.05) is 13.0 Å². The van der Waals surface area contributed by atoms with Crippen LogP contribution in [-0.2, 0) is 26.8 Å². The molecule has 37 heavy (non-hydrogen) atoms. The van der Waals surface area contributed by atoms with E-state index in [0.29, 0.717) is 6.92 Å². The van der Waals surface area contributed by atoms with Crippen molar-refractivity contribution in [1.29, 1.82) is 0 Å². The molecule has 12 heteroatoms. The predicted molar refractivity (Wildman–Crippen MR) is 127 cm³/mol. The molecule has 3 atom stereocenters. The van der Waals surface area contributed by atoms with Crippen molar-refractivity contribution in [3.63, 3.8) is 0 Å². The van der Waals surface area contributed by atoms with Crippen LogP contribution in [0.3, 0.4) is 0 Å². The molecular weight excluding hydrogens is 516 g/mol. The zero-order chi connectivity index (χ0) is 27.2. The second-order valence-electron chi connectivity index (χ2n) is 9.29. The van der Waals surface area contributed by atoms with E-state index in [0.717, 1.165) is 40.7 Å². The first-order valence-corrected chi connectivity index (χ1v) is 13.0. The summed E-state index contributed by atoms with van der Waals surface area (Å²) in [6.07, 6.45) is -1.53. The molecule has 0 bridgehead atoms. The lowest BCUT2D eigenvalue weighted by Crippen LogP contribution is -2.48. The second kappa shape index (κ2) is 9.73. The Hall–Kier alpha value is -2.96. The van der Waals surface area contributed by atoms with Gasteiger partial charge < -0.3 is 15.1 Å². The molecule has 0 saturated heterocycles. The molecule has 200 valence electrons. The lowest BCUT2D eigenvalue weighted by molar-refractivity contribution is -0.258. The fourth-order valence-corrected chi connectivity index (χ4v) is 6.39. The molecule has 1 amide bonds. The van der Waals surface area contributed by atoms with Crippen LogP contribution in [0.5, 0.6) is 0 Å². The number of halogens is 4. The standard InChI is InChI=1S/C25H26F4N2O5S/c1-24(34,25(27,28)29)17-5-11-22-16(13-17)4-8-19(14-23(33)30-12-2-3-20(30)15-32)31(22)37(35,36)21-9-6-18(26)7-10-21/h2-3,5-7,9-11,13,19-20,32,34H,4,8,12,14-15H2,1H3/t19-,20?,24?/m0/s1. The van der Waals surface area contributed by atoms with Gasteiger partial charge in [0.15, 0.2) is 5.60 Å². The molecule has 2 unspecified atom stereocenters. The third kappa shape index (κ3) is 4.97. The monoisotopic (exact) mass is 542 g/mol. The summed E-state index contributed by atoms with van der Waals surface area (Å²) >= 11 is 0. The Labute approximate surface area is 211 Å². The SMILES string of the molecule is CC(O)(c1ccc2c(c1)CC[C@@H](CC(=O)N1CC=CC1CO)N2S(=O)(=O)c1ccc(F)cc1)C(F)(F)F. The van der Waals surface area contributed by atoms with E-state index in [1.807, 2.05) is 0 Å². The molecule has 7 nitrogen and oxygen atoms in total. The Morgan fingerprint density at radius 1 is 1.14 bits per heavy atom. The van der Waals surface area contributed by atoms with Crippen LogP contribution in [0.4, 0.5) is 23.2 Å². The van der Waals surface area contributed by atoms with Crippen LogP contribution < -0.4 is 4.31 Å². The number of fused-ring (bicyclic) bond motifs is 1. The molecule has 2 aromatic carbocycles. The third-order valence-electron chi connectivity index (χ3n) is 6.86. The maximum absolute atomic E-state index is 13.7. The van der Waals surface area contributed by atoms with Gasteiger partial charge in [0.2, 0.25) is 5.91 Å². The Balaban J connectivity index is 1.76. The number of benzene rings is 2. The Morgan fingerprint density at radius 3 is 2.43 bits per heavy atom. The number of hydrogen-bond donors (Lipinski definition) is 2. The number of carbonyl (C=O) groups excluding carboxylic acids is 1. The number of hydrogen-bond acceptors (Lipinski definition) is 5. The summed E-state index contributed by atoms with van der Waals surface area (Å²) < 4.78 is 82.3. The van der Waals surface area contributed by atoms with Crippen molar-refractivity contribution in [3.8, 4) is 0 Å². The van der Waals surface area contributed by atoms with E-state index >= 15 is 0 Å². The average molecular weight is 543 g/mol. The smallest absolute Gasteiger partial charge is 0.394 e. The second-order valence-corrected chi connectivity index (χ2v) is 11.1. The minimum atomic E-state index is -4.96. The molecule has 4 rings (SSSR count). The van der Waals surface area contributed by atoms with Gasteiger partial charge in [0.1, 0.15) is 5.82 Å². The topological polar surface area (TPSA) is 98.1 Å². The van der Waals surface area contributed by atoms with Gasteiger partial charge in [-0.3, -0.25) is 9.10 Å². The normalized spacial score (nSPS) is 21.6. The van der Waals surface area contributed by atoms with Gasteiger partial charge in [-0.2, -0.15) is 13.2 Å². The number of nitrogens with zero attached hydrogens (tertiary/aromatic N) is 2. The van der Waals surface area contributed by atoms with Crippen LogP contribution in [0.15, 0.2) is 59.5 Å². The van der Waals surface area contributed by atoms with Crippen LogP contribution in [-0.4, -0.2) is 60.8 Å². The number of carbonyl (C=O) groups is 1. The molecule has 0 aliphatic carbocycles. The molecule has 0 aromatic heterocycles. The zero-order valence-corrected chi connectivity index (χ0v) is 20.6. The molecule has 2 aliphatic rings. The van der Waals surface area contributed by atoms with Crippen LogP contribution in [0, 0.1) is 5.82 Å². The van der Waals surface area contributed by atoms with Crippen molar-refractivity contribution >= 4 is 21.6 Å². The highest BCUT2D eigenvalue weighted by Crippen LogP contribution is 2.43. The fraction of sp³-hybridized carbons (Fsp3) is 0.400. The minimum Gasteiger partial charge on any atom is -0.394 e. The fourth-order valence-electron chi connectivity index (χ4n) is 4.67. The lowest BCUT2D eigenvalue weighted by atomic mass is 9.89. The first-order valence-electron chi connectivity index (χ1n) is 11.6. The van der Waals surface area contributed by atoms with Crippen molar-refractivity contribution in [3.05, 3.63) is 71.6 Å². The van der Waals surface area contributed by atoms with E-state index in [1.54, 1.807) is 12.2 Å². The molecule has 2 heterocycles. The molecule has 2 aliphatic heterocycles. The highest BCUT2D eigenvalue weighted by Gasteiger charge is 2.51. The van der Waals surface area contributed by atoms with Crippen LogP contribution in [0.25, 0.3) is 0 Å². The van der Waals surface area contributed by atoms with E-state index in [9.17, 15) is 41.0 Å². The largest absolute Gasteiger partial charge is 0.421 e. The van der Waals surface area contributed by atoms with Crippen molar-refractivity contribution in [2.24, 2.45) is 0 Å². The Morgan fingerprint density at radius 2 is 1.81 bits per heavy atom. The summed E-state index contributed by atoms with van der Waals surface area (Å²) in [5.41, 5.74) is -3.26. The average Bonchev–Trinajstić information content (AvgIpc) is 3.32. The van der Waals surface area contributed by atoms with Crippen LogP contribution in [0.2, 0.25) is 0 Å². The maximum Gasteiger partial charge on any atom is 0.421 e. The van der Waals surface area contributed by atoms with Crippen molar-refractivity contribution in [1.82, 2.24) is 4.90 Å².